The van der Waals surface area contributed by atoms with Gasteiger partial charge in [-0.25, -0.2) is 4.68 Å². The van der Waals surface area contributed by atoms with Crippen molar-refractivity contribution in [2.75, 3.05) is 0 Å². The van der Waals surface area contributed by atoms with Crippen LogP contribution < -0.4 is 0 Å². The van der Waals surface area contributed by atoms with Gasteiger partial charge >= 0.3 is 0 Å². The summed E-state index contributed by atoms with van der Waals surface area (Å²) >= 11 is 6.90. The van der Waals surface area contributed by atoms with Crippen LogP contribution in [-0.4, -0.2) is 24.6 Å². The lowest BCUT2D eigenvalue weighted by Crippen LogP contribution is -2.02. The first-order valence-corrected chi connectivity index (χ1v) is 7.87. The van der Waals surface area contributed by atoms with Gasteiger partial charge in [-0.15, -0.1) is 10.2 Å². The van der Waals surface area contributed by atoms with E-state index in [9.17, 15) is 0 Å². The summed E-state index contributed by atoms with van der Waals surface area (Å²) < 4.78 is 9.10. The standard InChI is InChI=1S/C14H11N5OS2/c1-9-7-11(17-20-9)12-15-19-13(22-12)16-18(14(19)21)8-10-5-3-2-4-6-10/h2-7H,8H2,1H3. The lowest BCUT2D eigenvalue weighted by Gasteiger charge is -1.99. The molecule has 4 rings (SSSR count). The molecular formula is C14H11N5OS2. The third-order valence-corrected chi connectivity index (χ3v) is 4.50. The van der Waals surface area contributed by atoms with Gasteiger partial charge in [0.05, 0.1) is 6.54 Å². The molecule has 3 aromatic heterocycles. The minimum absolute atomic E-state index is 0.571. The van der Waals surface area contributed by atoms with Crippen molar-refractivity contribution < 1.29 is 4.52 Å². The monoisotopic (exact) mass is 329 g/mol. The molecule has 0 spiro atoms. The molecule has 4 aromatic rings. The first-order chi connectivity index (χ1) is 10.7. The van der Waals surface area contributed by atoms with Crippen molar-refractivity contribution >= 4 is 28.5 Å². The molecule has 110 valence electrons. The van der Waals surface area contributed by atoms with E-state index in [0.717, 1.165) is 21.3 Å². The van der Waals surface area contributed by atoms with Crippen molar-refractivity contribution in [1.82, 2.24) is 24.6 Å². The van der Waals surface area contributed by atoms with E-state index in [0.29, 0.717) is 17.0 Å². The van der Waals surface area contributed by atoms with Crippen LogP contribution in [0.25, 0.3) is 15.7 Å². The number of hydrogen-bond acceptors (Lipinski definition) is 6. The normalized spacial score (nSPS) is 11.3. The molecule has 0 bridgehead atoms. The molecule has 0 saturated carbocycles. The van der Waals surface area contributed by atoms with Crippen molar-refractivity contribution in [3.63, 3.8) is 0 Å². The number of hydrogen-bond donors (Lipinski definition) is 0. The Morgan fingerprint density at radius 2 is 2.05 bits per heavy atom. The Bertz CT molecular complexity index is 995. The summed E-state index contributed by atoms with van der Waals surface area (Å²) in [5, 5.41) is 13.7. The molecule has 8 heteroatoms. The Kier molecular flexibility index (Phi) is 3.12. The molecule has 1 aromatic carbocycles. The number of nitrogens with zero attached hydrogens (tertiary/aromatic N) is 5. The summed E-state index contributed by atoms with van der Waals surface area (Å²) in [5.74, 6) is 0.751. The Balaban J connectivity index is 1.73. The Labute approximate surface area is 134 Å². The highest BCUT2D eigenvalue weighted by Crippen LogP contribution is 2.25. The van der Waals surface area contributed by atoms with Gasteiger partial charge in [-0.3, -0.25) is 0 Å². The average Bonchev–Trinajstić information content (AvgIpc) is 3.19. The Hall–Kier alpha value is -2.32. The first-order valence-electron chi connectivity index (χ1n) is 6.65. The van der Waals surface area contributed by atoms with Crippen LogP contribution in [0.15, 0.2) is 40.9 Å². The topological polar surface area (TPSA) is 61.2 Å². The number of aromatic nitrogens is 5. The van der Waals surface area contributed by atoms with Crippen LogP contribution >= 0.6 is 23.6 Å². The van der Waals surface area contributed by atoms with E-state index in [1.165, 1.54) is 11.3 Å². The van der Waals surface area contributed by atoms with Crippen LogP contribution in [0.3, 0.4) is 0 Å². The first kappa shape index (κ1) is 13.4. The maximum Gasteiger partial charge on any atom is 0.233 e. The van der Waals surface area contributed by atoms with E-state index < -0.39 is 0 Å². The number of rotatable bonds is 3. The van der Waals surface area contributed by atoms with Crippen molar-refractivity contribution in [1.29, 1.82) is 0 Å². The third kappa shape index (κ3) is 2.26. The molecule has 0 atom stereocenters. The van der Waals surface area contributed by atoms with Gasteiger partial charge in [0.25, 0.3) is 0 Å². The van der Waals surface area contributed by atoms with Crippen LogP contribution in [0.5, 0.6) is 0 Å². The second-order valence-corrected chi connectivity index (χ2v) is 6.17. The van der Waals surface area contributed by atoms with E-state index in [4.69, 9.17) is 16.7 Å². The SMILES string of the molecule is Cc1cc(-c2nn3c(=S)n(Cc4ccccc4)nc3s2)no1. The fraction of sp³-hybridized carbons (Fsp3) is 0.143. The predicted molar refractivity (Wildman–Crippen MR) is 85.5 cm³/mol. The smallest absolute Gasteiger partial charge is 0.233 e. The second kappa shape index (κ2) is 5.15. The molecule has 0 saturated heterocycles. The Morgan fingerprint density at radius 1 is 1.23 bits per heavy atom. The fourth-order valence-corrected chi connectivity index (χ4v) is 3.30. The largest absolute Gasteiger partial charge is 0.361 e. The lowest BCUT2D eigenvalue weighted by molar-refractivity contribution is 0.399. The number of fused-ring (bicyclic) bond motifs is 1. The maximum atomic E-state index is 5.46. The molecule has 6 nitrogen and oxygen atoms in total. The zero-order valence-electron chi connectivity index (χ0n) is 11.6. The molecule has 0 aliphatic carbocycles. The van der Waals surface area contributed by atoms with Crippen LogP contribution in [0.2, 0.25) is 0 Å². The van der Waals surface area contributed by atoms with Crippen LogP contribution in [-0.2, 0) is 6.54 Å². The van der Waals surface area contributed by atoms with Crippen LogP contribution in [0.4, 0.5) is 0 Å². The van der Waals surface area contributed by atoms with Crippen molar-refractivity contribution in [3.8, 4) is 10.7 Å². The molecular weight excluding hydrogens is 318 g/mol. The highest BCUT2D eigenvalue weighted by Gasteiger charge is 2.14. The summed E-state index contributed by atoms with van der Waals surface area (Å²) in [5.41, 5.74) is 1.86. The zero-order valence-corrected chi connectivity index (χ0v) is 13.3. The van der Waals surface area contributed by atoms with Gasteiger partial charge < -0.3 is 4.52 Å². The summed E-state index contributed by atoms with van der Waals surface area (Å²) in [4.78, 5) is 0.747. The van der Waals surface area contributed by atoms with E-state index in [2.05, 4.69) is 15.4 Å². The summed E-state index contributed by atoms with van der Waals surface area (Å²) in [6.45, 7) is 2.48. The molecule has 0 amide bonds. The van der Waals surface area contributed by atoms with Gasteiger partial charge in [-0.2, -0.15) is 4.52 Å². The maximum absolute atomic E-state index is 5.46. The van der Waals surface area contributed by atoms with Gasteiger partial charge in [0.1, 0.15) is 11.5 Å². The van der Waals surface area contributed by atoms with Gasteiger partial charge in [0, 0.05) is 6.07 Å². The number of aryl methyl sites for hydroxylation is 1. The lowest BCUT2D eigenvalue weighted by atomic mass is 10.2. The van der Waals surface area contributed by atoms with Crippen LogP contribution in [0, 0.1) is 11.7 Å². The summed E-state index contributed by atoms with van der Waals surface area (Å²) in [7, 11) is 0. The minimum atomic E-state index is 0.571. The highest BCUT2D eigenvalue weighted by atomic mass is 32.1. The Morgan fingerprint density at radius 3 is 2.73 bits per heavy atom. The second-order valence-electron chi connectivity index (χ2n) is 4.85. The molecule has 3 heterocycles. The zero-order chi connectivity index (χ0) is 15.1. The van der Waals surface area contributed by atoms with E-state index in [1.807, 2.05) is 43.3 Å². The van der Waals surface area contributed by atoms with Crippen LogP contribution in [0.1, 0.15) is 11.3 Å². The van der Waals surface area contributed by atoms with Gasteiger partial charge in [-0.1, -0.05) is 46.8 Å². The van der Waals surface area contributed by atoms with E-state index in [1.54, 1.807) is 9.20 Å². The quantitative estimate of drug-likeness (QED) is 0.540. The molecule has 0 fully saturated rings. The van der Waals surface area contributed by atoms with E-state index in [-0.39, 0.29) is 0 Å². The molecule has 0 aliphatic rings. The molecule has 22 heavy (non-hydrogen) atoms. The fourth-order valence-electron chi connectivity index (χ4n) is 2.16. The molecule has 0 aliphatic heterocycles. The van der Waals surface area contributed by atoms with Crippen molar-refractivity contribution in [2.24, 2.45) is 0 Å². The molecule has 0 N–H and O–H groups in total. The summed E-state index contributed by atoms with van der Waals surface area (Å²) in [6, 6.07) is 11.9. The van der Waals surface area contributed by atoms with Gasteiger partial charge in [0.2, 0.25) is 9.73 Å². The third-order valence-electron chi connectivity index (χ3n) is 3.19. The molecule has 0 radical (unpaired) electrons. The number of benzene rings is 1. The van der Waals surface area contributed by atoms with Gasteiger partial charge in [-0.05, 0) is 24.7 Å². The van der Waals surface area contributed by atoms with Crippen molar-refractivity contribution in [3.05, 3.63) is 52.5 Å². The minimum Gasteiger partial charge on any atom is -0.361 e. The summed E-state index contributed by atoms with van der Waals surface area (Å²) in [6.07, 6.45) is 0. The predicted octanol–water partition coefficient (Wildman–Crippen LogP) is 3.33. The highest BCUT2D eigenvalue weighted by molar-refractivity contribution is 7.71. The van der Waals surface area contributed by atoms with Gasteiger partial charge in [0.15, 0.2) is 5.01 Å². The molecule has 0 unspecified atom stereocenters. The van der Waals surface area contributed by atoms with E-state index >= 15 is 0 Å². The average molecular weight is 329 g/mol. The van der Waals surface area contributed by atoms with Crippen molar-refractivity contribution in [2.45, 2.75) is 13.5 Å².